The van der Waals surface area contributed by atoms with Gasteiger partial charge in [-0.2, -0.15) is 0 Å². The molecule has 0 fully saturated rings. The smallest absolute Gasteiger partial charge is 0.255 e. The highest BCUT2D eigenvalue weighted by Gasteiger charge is 2.03. The average Bonchev–Trinajstić information content (AvgIpc) is 2.27. The molecule has 0 unspecified atom stereocenters. The first kappa shape index (κ1) is 10.9. The third kappa shape index (κ3) is 3.60. The van der Waals surface area contributed by atoms with E-state index in [2.05, 4.69) is 11.9 Å². The molecule has 3 heteroatoms. The van der Waals surface area contributed by atoms with Gasteiger partial charge in [0.1, 0.15) is 0 Å². The number of amides is 1. The molecular formula is C12H12N2O. The number of carbonyl (C=O) groups excluding carboxylic acids is 1. The van der Waals surface area contributed by atoms with Crippen LogP contribution in [0.3, 0.4) is 0 Å². The van der Waals surface area contributed by atoms with E-state index in [0.717, 1.165) is 6.21 Å². The number of nitrogens with one attached hydrogen (secondary N) is 2. The van der Waals surface area contributed by atoms with Gasteiger partial charge in [0.15, 0.2) is 0 Å². The summed E-state index contributed by atoms with van der Waals surface area (Å²) in [5.41, 5.74) is 1.05. The van der Waals surface area contributed by atoms with E-state index in [4.69, 9.17) is 5.41 Å². The fourth-order valence-corrected chi connectivity index (χ4v) is 1.01. The topological polar surface area (TPSA) is 53.0 Å². The molecule has 0 atom stereocenters. The summed E-state index contributed by atoms with van der Waals surface area (Å²) in [7, 11) is 0. The fourth-order valence-electron chi connectivity index (χ4n) is 1.01. The maximum Gasteiger partial charge on any atom is 0.255 e. The lowest BCUT2D eigenvalue weighted by molar-refractivity contribution is 0.0967. The van der Waals surface area contributed by atoms with Crippen LogP contribution in [-0.4, -0.2) is 12.1 Å². The zero-order valence-electron chi connectivity index (χ0n) is 8.23. The molecule has 3 nitrogen and oxygen atoms in total. The molecular weight excluding hydrogens is 188 g/mol. The monoisotopic (exact) mass is 200 g/mol. The van der Waals surface area contributed by atoms with E-state index in [1.165, 1.54) is 6.08 Å². The van der Waals surface area contributed by atoms with E-state index in [1.54, 1.807) is 30.3 Å². The summed E-state index contributed by atoms with van der Waals surface area (Å²) >= 11 is 0. The lowest BCUT2D eigenvalue weighted by Crippen LogP contribution is -2.20. The second-order valence-electron chi connectivity index (χ2n) is 2.87. The van der Waals surface area contributed by atoms with Gasteiger partial charge in [0.25, 0.3) is 5.91 Å². The van der Waals surface area contributed by atoms with Crippen molar-refractivity contribution >= 4 is 12.1 Å². The predicted octanol–water partition coefficient (Wildman–Crippen LogP) is 2.14. The Hall–Kier alpha value is -2.16. The quantitative estimate of drug-likeness (QED) is 0.567. The first-order valence-electron chi connectivity index (χ1n) is 4.46. The minimum absolute atomic E-state index is 0.199. The first-order valence-corrected chi connectivity index (χ1v) is 4.46. The van der Waals surface area contributed by atoms with Gasteiger partial charge in [0, 0.05) is 17.5 Å². The van der Waals surface area contributed by atoms with Crippen LogP contribution in [-0.2, 0) is 0 Å². The van der Waals surface area contributed by atoms with E-state index in [0.29, 0.717) is 11.3 Å². The number of rotatable bonds is 4. The van der Waals surface area contributed by atoms with Gasteiger partial charge in [0.05, 0.1) is 0 Å². The van der Waals surface area contributed by atoms with Gasteiger partial charge in [-0.05, 0) is 24.3 Å². The van der Waals surface area contributed by atoms with Crippen molar-refractivity contribution in [1.82, 2.24) is 5.32 Å². The molecule has 0 aliphatic carbocycles. The molecule has 0 saturated heterocycles. The fraction of sp³-hybridized carbons (Fsp3) is 0. The Kier molecular flexibility index (Phi) is 4.04. The Morgan fingerprint density at radius 1 is 1.33 bits per heavy atom. The molecule has 15 heavy (non-hydrogen) atoms. The van der Waals surface area contributed by atoms with Crippen molar-refractivity contribution in [2.24, 2.45) is 0 Å². The molecule has 0 aliphatic heterocycles. The van der Waals surface area contributed by atoms with Crippen molar-refractivity contribution in [2.75, 3.05) is 0 Å². The molecule has 2 N–H and O–H groups in total. The van der Waals surface area contributed by atoms with Gasteiger partial charge in [-0.25, -0.2) is 0 Å². The molecule has 0 spiro atoms. The molecule has 0 saturated carbocycles. The Bertz CT molecular complexity index is 393. The molecule has 1 rings (SSSR count). The van der Waals surface area contributed by atoms with Gasteiger partial charge in [-0.15, -0.1) is 0 Å². The number of hydrogen-bond donors (Lipinski definition) is 2. The Morgan fingerprint density at radius 2 is 2.00 bits per heavy atom. The first-order chi connectivity index (χ1) is 7.24. The van der Waals surface area contributed by atoms with Crippen LogP contribution in [0.5, 0.6) is 0 Å². The van der Waals surface area contributed by atoms with Gasteiger partial charge < -0.3 is 10.7 Å². The van der Waals surface area contributed by atoms with E-state index in [-0.39, 0.29) is 5.91 Å². The van der Waals surface area contributed by atoms with Crippen LogP contribution in [0.2, 0.25) is 0 Å². The van der Waals surface area contributed by atoms with Crippen molar-refractivity contribution in [1.29, 1.82) is 5.41 Å². The predicted molar refractivity (Wildman–Crippen MR) is 61.0 cm³/mol. The second kappa shape index (κ2) is 5.54. The van der Waals surface area contributed by atoms with Crippen LogP contribution < -0.4 is 5.32 Å². The lowest BCUT2D eigenvalue weighted by Gasteiger charge is -2.03. The minimum Gasteiger partial charge on any atom is -0.323 e. The van der Waals surface area contributed by atoms with Crippen molar-refractivity contribution < 1.29 is 4.79 Å². The van der Waals surface area contributed by atoms with Crippen molar-refractivity contribution in [3.8, 4) is 0 Å². The van der Waals surface area contributed by atoms with Crippen LogP contribution in [0, 0.1) is 5.41 Å². The molecule has 1 aromatic carbocycles. The van der Waals surface area contributed by atoms with Crippen molar-refractivity contribution in [3.63, 3.8) is 0 Å². The molecule has 76 valence electrons. The van der Waals surface area contributed by atoms with Gasteiger partial charge in [-0.1, -0.05) is 24.8 Å². The normalized spacial score (nSPS) is 9.87. The Morgan fingerprint density at radius 3 is 2.60 bits per heavy atom. The summed E-state index contributed by atoms with van der Waals surface area (Å²) in [5, 5.41) is 9.38. The Labute approximate surface area is 88.6 Å². The Balaban J connectivity index is 2.61. The molecule has 0 radical (unpaired) electrons. The SMILES string of the molecule is C=C(/C=C\C=N)NC(=O)c1ccccc1. The third-order valence-corrected chi connectivity index (χ3v) is 1.70. The van der Waals surface area contributed by atoms with Crippen LogP contribution in [0.4, 0.5) is 0 Å². The van der Waals surface area contributed by atoms with E-state index < -0.39 is 0 Å². The van der Waals surface area contributed by atoms with Crippen LogP contribution in [0.1, 0.15) is 10.4 Å². The molecule has 0 bridgehead atoms. The lowest BCUT2D eigenvalue weighted by atomic mass is 10.2. The summed E-state index contributed by atoms with van der Waals surface area (Å²) in [6, 6.07) is 8.89. The highest BCUT2D eigenvalue weighted by Crippen LogP contribution is 1.99. The van der Waals surface area contributed by atoms with Crippen LogP contribution in [0.15, 0.2) is 54.8 Å². The molecule has 1 aromatic rings. The maximum absolute atomic E-state index is 11.6. The highest BCUT2D eigenvalue weighted by molar-refractivity contribution is 5.95. The van der Waals surface area contributed by atoms with Crippen molar-refractivity contribution in [3.05, 3.63) is 60.3 Å². The number of allylic oxidation sites excluding steroid dienone is 2. The number of carbonyl (C=O) groups is 1. The zero-order valence-corrected chi connectivity index (χ0v) is 8.23. The third-order valence-electron chi connectivity index (χ3n) is 1.70. The average molecular weight is 200 g/mol. The van der Waals surface area contributed by atoms with Gasteiger partial charge in [0.2, 0.25) is 0 Å². The summed E-state index contributed by atoms with van der Waals surface area (Å²) in [6.45, 7) is 3.64. The second-order valence-corrected chi connectivity index (χ2v) is 2.87. The molecule has 0 aliphatic rings. The van der Waals surface area contributed by atoms with Gasteiger partial charge >= 0.3 is 0 Å². The number of hydrogen-bond acceptors (Lipinski definition) is 2. The molecule has 0 aromatic heterocycles. The maximum atomic E-state index is 11.6. The summed E-state index contributed by atoms with van der Waals surface area (Å²) in [4.78, 5) is 11.6. The van der Waals surface area contributed by atoms with E-state index >= 15 is 0 Å². The van der Waals surface area contributed by atoms with Crippen LogP contribution in [0.25, 0.3) is 0 Å². The van der Waals surface area contributed by atoms with Gasteiger partial charge in [-0.3, -0.25) is 4.79 Å². The number of benzene rings is 1. The standard InChI is InChI=1S/C12H12N2O/c1-10(6-5-9-13)14-12(15)11-7-3-2-4-8-11/h2-9,13H,1H2,(H,14,15)/b6-5-,13-9?. The van der Waals surface area contributed by atoms with Crippen LogP contribution >= 0.6 is 0 Å². The summed E-state index contributed by atoms with van der Waals surface area (Å²) in [5.74, 6) is -0.199. The van der Waals surface area contributed by atoms with E-state index in [9.17, 15) is 4.79 Å². The van der Waals surface area contributed by atoms with Crippen molar-refractivity contribution in [2.45, 2.75) is 0 Å². The minimum atomic E-state index is -0.199. The zero-order chi connectivity index (χ0) is 11.1. The summed E-state index contributed by atoms with van der Waals surface area (Å²) in [6.07, 6.45) is 4.18. The molecule has 1 amide bonds. The summed E-state index contributed by atoms with van der Waals surface area (Å²) < 4.78 is 0. The van der Waals surface area contributed by atoms with E-state index in [1.807, 2.05) is 6.07 Å². The highest BCUT2D eigenvalue weighted by atomic mass is 16.1. The molecule has 0 heterocycles. The largest absolute Gasteiger partial charge is 0.323 e.